The molecule has 1 fully saturated rings. The van der Waals surface area contributed by atoms with Gasteiger partial charge in [0.15, 0.2) is 0 Å². The van der Waals surface area contributed by atoms with Gasteiger partial charge in [0.05, 0.1) is 0 Å². The molecule has 1 aliphatic carbocycles. The first-order valence-corrected chi connectivity index (χ1v) is 7.13. The Morgan fingerprint density at radius 2 is 2.17 bits per heavy atom. The molecule has 1 aromatic heterocycles. The van der Waals surface area contributed by atoms with E-state index in [0.29, 0.717) is 6.04 Å². The standard InChI is InChI=1S/C15H25N3/c1-4-16-9-14-7-8-15(17-10-14)18(12(2)3)11-13-5-6-13/h7-8,10,12-13,16H,4-6,9,11H2,1-3H3. The summed E-state index contributed by atoms with van der Waals surface area (Å²) in [5.41, 5.74) is 1.26. The zero-order valence-corrected chi connectivity index (χ0v) is 11.8. The third-order valence-corrected chi connectivity index (χ3v) is 3.46. The molecule has 1 saturated carbocycles. The van der Waals surface area contributed by atoms with Gasteiger partial charge in [-0.25, -0.2) is 4.98 Å². The Balaban J connectivity index is 2.00. The average Bonchev–Trinajstić information content (AvgIpc) is 3.18. The molecule has 0 atom stereocenters. The maximum Gasteiger partial charge on any atom is 0.128 e. The summed E-state index contributed by atoms with van der Waals surface area (Å²) >= 11 is 0. The lowest BCUT2D eigenvalue weighted by atomic mass is 10.2. The van der Waals surface area contributed by atoms with Crippen LogP contribution in [0.1, 0.15) is 39.2 Å². The van der Waals surface area contributed by atoms with Crippen LogP contribution in [0.3, 0.4) is 0 Å². The summed E-state index contributed by atoms with van der Waals surface area (Å²) in [6, 6.07) is 4.88. The van der Waals surface area contributed by atoms with Crippen molar-refractivity contribution in [2.45, 2.75) is 46.2 Å². The van der Waals surface area contributed by atoms with E-state index in [2.05, 4.69) is 48.1 Å². The van der Waals surface area contributed by atoms with Crippen molar-refractivity contribution in [2.75, 3.05) is 18.0 Å². The van der Waals surface area contributed by atoms with Crippen LogP contribution >= 0.6 is 0 Å². The first-order chi connectivity index (χ1) is 8.70. The Morgan fingerprint density at radius 3 is 2.67 bits per heavy atom. The van der Waals surface area contributed by atoms with E-state index in [0.717, 1.165) is 31.4 Å². The zero-order chi connectivity index (χ0) is 13.0. The van der Waals surface area contributed by atoms with Gasteiger partial charge in [-0.3, -0.25) is 0 Å². The Morgan fingerprint density at radius 1 is 1.39 bits per heavy atom. The molecule has 0 unspecified atom stereocenters. The predicted octanol–water partition coefficient (Wildman–Crippen LogP) is 2.82. The number of anilines is 1. The number of hydrogen-bond donors (Lipinski definition) is 1. The minimum atomic E-state index is 0.526. The van der Waals surface area contributed by atoms with E-state index in [-0.39, 0.29) is 0 Å². The van der Waals surface area contributed by atoms with E-state index in [9.17, 15) is 0 Å². The normalized spacial score (nSPS) is 15.1. The fourth-order valence-electron chi connectivity index (χ4n) is 2.11. The minimum absolute atomic E-state index is 0.526. The molecule has 0 aliphatic heterocycles. The van der Waals surface area contributed by atoms with Crippen molar-refractivity contribution in [1.82, 2.24) is 10.3 Å². The number of hydrogen-bond acceptors (Lipinski definition) is 3. The lowest BCUT2D eigenvalue weighted by molar-refractivity contribution is 0.636. The average molecular weight is 247 g/mol. The highest BCUT2D eigenvalue weighted by atomic mass is 15.2. The second-order valence-electron chi connectivity index (χ2n) is 5.49. The number of pyridine rings is 1. The first-order valence-electron chi connectivity index (χ1n) is 7.13. The van der Waals surface area contributed by atoms with Crippen LogP contribution in [0.25, 0.3) is 0 Å². The number of aromatic nitrogens is 1. The van der Waals surface area contributed by atoms with E-state index >= 15 is 0 Å². The molecule has 1 N–H and O–H groups in total. The summed E-state index contributed by atoms with van der Waals surface area (Å²) in [5.74, 6) is 2.02. The maximum atomic E-state index is 4.62. The molecule has 0 saturated heterocycles. The topological polar surface area (TPSA) is 28.2 Å². The van der Waals surface area contributed by atoms with E-state index in [1.807, 2.05) is 6.20 Å². The molecule has 100 valence electrons. The second-order valence-corrected chi connectivity index (χ2v) is 5.49. The van der Waals surface area contributed by atoms with Crippen LogP contribution in [-0.4, -0.2) is 24.1 Å². The van der Waals surface area contributed by atoms with Crippen molar-refractivity contribution < 1.29 is 0 Å². The SMILES string of the molecule is CCNCc1ccc(N(CC2CC2)C(C)C)nc1. The molecule has 0 aromatic carbocycles. The fraction of sp³-hybridized carbons (Fsp3) is 0.667. The van der Waals surface area contributed by atoms with Gasteiger partial charge in [0.1, 0.15) is 5.82 Å². The maximum absolute atomic E-state index is 4.62. The summed E-state index contributed by atoms with van der Waals surface area (Å²) in [7, 11) is 0. The molecule has 0 bridgehead atoms. The number of nitrogens with zero attached hydrogens (tertiary/aromatic N) is 2. The van der Waals surface area contributed by atoms with Gasteiger partial charge in [0, 0.05) is 25.3 Å². The Hall–Kier alpha value is -1.09. The van der Waals surface area contributed by atoms with Crippen LogP contribution in [0, 0.1) is 5.92 Å². The van der Waals surface area contributed by atoms with Crippen LogP contribution in [0.5, 0.6) is 0 Å². The van der Waals surface area contributed by atoms with Gasteiger partial charge < -0.3 is 10.2 Å². The minimum Gasteiger partial charge on any atom is -0.354 e. The molecule has 2 rings (SSSR count). The Bertz CT molecular complexity index is 355. The molecule has 18 heavy (non-hydrogen) atoms. The van der Waals surface area contributed by atoms with Crippen LogP contribution in [0.2, 0.25) is 0 Å². The summed E-state index contributed by atoms with van der Waals surface area (Å²) in [6.07, 6.45) is 4.78. The highest BCUT2D eigenvalue weighted by molar-refractivity contribution is 5.40. The summed E-state index contributed by atoms with van der Waals surface area (Å²) in [4.78, 5) is 7.05. The van der Waals surface area contributed by atoms with Crippen LogP contribution in [-0.2, 0) is 6.54 Å². The Labute approximate surface area is 111 Å². The quantitative estimate of drug-likeness (QED) is 0.803. The molecule has 1 aromatic rings. The fourth-order valence-corrected chi connectivity index (χ4v) is 2.11. The van der Waals surface area contributed by atoms with Gasteiger partial charge in [-0.15, -0.1) is 0 Å². The summed E-state index contributed by atoms with van der Waals surface area (Å²) in [6.45, 7) is 9.69. The van der Waals surface area contributed by atoms with E-state index in [4.69, 9.17) is 0 Å². The zero-order valence-electron chi connectivity index (χ0n) is 11.8. The van der Waals surface area contributed by atoms with Crippen molar-refractivity contribution >= 4 is 5.82 Å². The molecule has 0 spiro atoms. The second kappa shape index (κ2) is 6.19. The lowest BCUT2D eigenvalue weighted by Crippen LogP contribution is -2.33. The molecular weight excluding hydrogens is 222 g/mol. The van der Waals surface area contributed by atoms with E-state index in [1.54, 1.807) is 0 Å². The van der Waals surface area contributed by atoms with Gasteiger partial charge >= 0.3 is 0 Å². The number of rotatable bonds is 7. The van der Waals surface area contributed by atoms with Crippen LogP contribution in [0.15, 0.2) is 18.3 Å². The van der Waals surface area contributed by atoms with Crippen LogP contribution in [0.4, 0.5) is 5.82 Å². The largest absolute Gasteiger partial charge is 0.354 e. The highest BCUT2D eigenvalue weighted by Crippen LogP contribution is 2.31. The van der Waals surface area contributed by atoms with E-state index < -0.39 is 0 Å². The van der Waals surface area contributed by atoms with Gasteiger partial charge in [0.25, 0.3) is 0 Å². The third-order valence-electron chi connectivity index (χ3n) is 3.46. The molecule has 1 heterocycles. The van der Waals surface area contributed by atoms with Gasteiger partial charge in [-0.1, -0.05) is 13.0 Å². The molecule has 3 heteroatoms. The predicted molar refractivity (Wildman–Crippen MR) is 76.8 cm³/mol. The third kappa shape index (κ3) is 3.70. The molecular formula is C15H25N3. The Kier molecular flexibility index (Phi) is 4.59. The summed E-state index contributed by atoms with van der Waals surface area (Å²) in [5, 5.41) is 3.32. The van der Waals surface area contributed by atoms with Gasteiger partial charge in [0.2, 0.25) is 0 Å². The first kappa shape index (κ1) is 13.3. The van der Waals surface area contributed by atoms with Crippen molar-refractivity contribution in [3.63, 3.8) is 0 Å². The molecule has 1 aliphatic rings. The highest BCUT2D eigenvalue weighted by Gasteiger charge is 2.26. The van der Waals surface area contributed by atoms with Crippen molar-refractivity contribution in [3.8, 4) is 0 Å². The van der Waals surface area contributed by atoms with Crippen LogP contribution < -0.4 is 10.2 Å². The van der Waals surface area contributed by atoms with Gasteiger partial charge in [-0.05, 0) is 50.8 Å². The monoisotopic (exact) mass is 247 g/mol. The molecule has 0 radical (unpaired) electrons. The number of nitrogens with one attached hydrogen (secondary N) is 1. The molecule has 3 nitrogen and oxygen atoms in total. The van der Waals surface area contributed by atoms with Crippen molar-refractivity contribution in [3.05, 3.63) is 23.9 Å². The summed E-state index contributed by atoms with van der Waals surface area (Å²) < 4.78 is 0. The van der Waals surface area contributed by atoms with Gasteiger partial charge in [-0.2, -0.15) is 0 Å². The molecule has 0 amide bonds. The van der Waals surface area contributed by atoms with Crippen molar-refractivity contribution in [1.29, 1.82) is 0 Å². The smallest absolute Gasteiger partial charge is 0.128 e. The van der Waals surface area contributed by atoms with Crippen molar-refractivity contribution in [2.24, 2.45) is 5.92 Å². The lowest BCUT2D eigenvalue weighted by Gasteiger charge is -2.28. The van der Waals surface area contributed by atoms with E-state index in [1.165, 1.54) is 18.4 Å².